The zero-order valence-corrected chi connectivity index (χ0v) is 15.8. The van der Waals surface area contributed by atoms with E-state index in [0.717, 1.165) is 5.56 Å². The molecule has 0 atom stereocenters. The van der Waals surface area contributed by atoms with E-state index in [4.69, 9.17) is 21.1 Å². The average Bonchev–Trinajstić information content (AvgIpc) is 2.65. The third-order valence-corrected chi connectivity index (χ3v) is 3.99. The highest BCUT2D eigenvalue weighted by molar-refractivity contribution is 6.30. The van der Waals surface area contributed by atoms with Crippen molar-refractivity contribution in [1.82, 2.24) is 5.32 Å². The van der Waals surface area contributed by atoms with Crippen LogP contribution >= 0.6 is 11.6 Å². The van der Waals surface area contributed by atoms with E-state index in [2.05, 4.69) is 5.32 Å². The highest BCUT2D eigenvalue weighted by Gasteiger charge is 2.13. The SMILES string of the molecule is COc1ccc(Cl)cc1CC(=O)OCC(=O)c1ccc(CNC(C)=O)cc1. The summed E-state index contributed by atoms with van der Waals surface area (Å²) < 4.78 is 10.2. The third-order valence-electron chi connectivity index (χ3n) is 3.76. The highest BCUT2D eigenvalue weighted by atomic mass is 35.5. The number of hydrogen-bond acceptors (Lipinski definition) is 5. The zero-order chi connectivity index (χ0) is 19.8. The van der Waals surface area contributed by atoms with Gasteiger partial charge in [0.1, 0.15) is 5.75 Å². The number of ether oxygens (including phenoxy) is 2. The van der Waals surface area contributed by atoms with Gasteiger partial charge in [-0.15, -0.1) is 0 Å². The number of hydrogen-bond donors (Lipinski definition) is 1. The first-order valence-corrected chi connectivity index (χ1v) is 8.61. The Hall–Kier alpha value is -2.86. The van der Waals surface area contributed by atoms with Gasteiger partial charge >= 0.3 is 5.97 Å². The van der Waals surface area contributed by atoms with Crippen molar-refractivity contribution in [3.8, 4) is 5.75 Å². The molecular formula is C20H20ClNO5. The average molecular weight is 390 g/mol. The summed E-state index contributed by atoms with van der Waals surface area (Å²) in [4.78, 5) is 35.1. The van der Waals surface area contributed by atoms with Crippen LogP contribution in [0.25, 0.3) is 0 Å². The number of carbonyl (C=O) groups is 3. The number of methoxy groups -OCH3 is 1. The monoisotopic (exact) mass is 389 g/mol. The van der Waals surface area contributed by atoms with Crippen molar-refractivity contribution >= 4 is 29.3 Å². The first kappa shape index (κ1) is 20.5. The van der Waals surface area contributed by atoms with Crippen LogP contribution in [-0.4, -0.2) is 31.4 Å². The fraction of sp³-hybridized carbons (Fsp3) is 0.250. The van der Waals surface area contributed by atoms with Gasteiger partial charge in [0.2, 0.25) is 5.91 Å². The molecular weight excluding hydrogens is 370 g/mol. The van der Waals surface area contributed by atoms with Crippen molar-refractivity contribution in [2.24, 2.45) is 0 Å². The van der Waals surface area contributed by atoms with E-state index >= 15 is 0 Å². The second kappa shape index (κ2) is 9.73. The van der Waals surface area contributed by atoms with Gasteiger partial charge < -0.3 is 14.8 Å². The Kier molecular flexibility index (Phi) is 7.37. The number of rotatable bonds is 8. The summed E-state index contributed by atoms with van der Waals surface area (Å²) in [5.74, 6) is -0.463. The van der Waals surface area contributed by atoms with Crippen molar-refractivity contribution in [3.63, 3.8) is 0 Å². The van der Waals surface area contributed by atoms with Crippen LogP contribution in [0.15, 0.2) is 42.5 Å². The minimum atomic E-state index is -0.550. The smallest absolute Gasteiger partial charge is 0.310 e. The fourth-order valence-electron chi connectivity index (χ4n) is 2.36. The first-order valence-electron chi connectivity index (χ1n) is 8.23. The number of Topliss-reactive ketones (excluding diaryl/α,β-unsaturated/α-hetero) is 1. The molecule has 0 radical (unpaired) electrons. The lowest BCUT2D eigenvalue weighted by Crippen LogP contribution is -2.19. The van der Waals surface area contributed by atoms with E-state index in [9.17, 15) is 14.4 Å². The summed E-state index contributed by atoms with van der Waals surface area (Å²) in [5.41, 5.74) is 1.88. The Morgan fingerprint density at radius 1 is 1.07 bits per heavy atom. The van der Waals surface area contributed by atoms with E-state index in [1.165, 1.54) is 14.0 Å². The lowest BCUT2D eigenvalue weighted by Gasteiger charge is -2.09. The molecule has 0 aromatic heterocycles. The van der Waals surface area contributed by atoms with Gasteiger partial charge in [0.05, 0.1) is 13.5 Å². The molecule has 7 heteroatoms. The maximum Gasteiger partial charge on any atom is 0.310 e. The molecule has 2 aromatic rings. The number of benzene rings is 2. The summed E-state index contributed by atoms with van der Waals surface area (Å²) >= 11 is 5.93. The molecule has 0 saturated heterocycles. The van der Waals surface area contributed by atoms with Crippen LogP contribution < -0.4 is 10.1 Å². The molecule has 6 nitrogen and oxygen atoms in total. The summed E-state index contributed by atoms with van der Waals surface area (Å²) in [6.07, 6.45) is -0.0489. The molecule has 1 amide bonds. The molecule has 2 rings (SSSR count). The Labute approximate surface area is 162 Å². The number of carbonyl (C=O) groups excluding carboxylic acids is 3. The zero-order valence-electron chi connectivity index (χ0n) is 15.1. The predicted octanol–water partition coefficient (Wildman–Crippen LogP) is 2.95. The van der Waals surface area contributed by atoms with Crippen molar-refractivity contribution in [3.05, 3.63) is 64.2 Å². The Balaban J connectivity index is 1.88. The van der Waals surface area contributed by atoms with E-state index in [0.29, 0.717) is 28.4 Å². The van der Waals surface area contributed by atoms with Gasteiger partial charge in [-0.25, -0.2) is 0 Å². The number of halogens is 1. The standard InChI is InChI=1S/C20H20ClNO5/c1-13(23)22-11-14-3-5-15(6-4-14)18(24)12-27-20(25)10-16-9-17(21)7-8-19(16)26-2/h3-9H,10-12H2,1-2H3,(H,22,23). The summed E-state index contributed by atoms with van der Waals surface area (Å²) in [5, 5.41) is 3.15. The number of esters is 1. The van der Waals surface area contributed by atoms with Crippen LogP contribution in [0.1, 0.15) is 28.4 Å². The van der Waals surface area contributed by atoms with Gasteiger partial charge in [0, 0.05) is 29.6 Å². The minimum Gasteiger partial charge on any atom is -0.496 e. The van der Waals surface area contributed by atoms with E-state index in [1.807, 2.05) is 0 Å². The lowest BCUT2D eigenvalue weighted by atomic mass is 10.1. The van der Waals surface area contributed by atoms with Crippen molar-refractivity contribution in [2.45, 2.75) is 19.9 Å². The normalized spacial score (nSPS) is 10.2. The van der Waals surface area contributed by atoms with Crippen LogP contribution in [0.2, 0.25) is 5.02 Å². The minimum absolute atomic E-state index is 0.0489. The second-order valence-corrected chi connectivity index (χ2v) is 6.26. The number of amides is 1. The molecule has 0 unspecified atom stereocenters. The molecule has 0 fully saturated rings. The van der Waals surface area contributed by atoms with Crippen LogP contribution in [-0.2, 0) is 27.3 Å². The highest BCUT2D eigenvalue weighted by Crippen LogP contribution is 2.23. The molecule has 142 valence electrons. The molecule has 0 saturated carbocycles. The van der Waals surface area contributed by atoms with Crippen molar-refractivity contribution in [2.75, 3.05) is 13.7 Å². The van der Waals surface area contributed by atoms with Crippen molar-refractivity contribution < 1.29 is 23.9 Å². The van der Waals surface area contributed by atoms with Gasteiger partial charge in [0.25, 0.3) is 0 Å². The fourth-order valence-corrected chi connectivity index (χ4v) is 2.55. The molecule has 2 aromatic carbocycles. The van der Waals surface area contributed by atoms with Crippen molar-refractivity contribution in [1.29, 1.82) is 0 Å². The third kappa shape index (κ3) is 6.42. The quantitative estimate of drug-likeness (QED) is 0.554. The van der Waals surface area contributed by atoms with Gasteiger partial charge in [-0.1, -0.05) is 35.9 Å². The molecule has 1 N–H and O–H groups in total. The molecule has 27 heavy (non-hydrogen) atoms. The van der Waals surface area contributed by atoms with Gasteiger partial charge in [-0.05, 0) is 23.8 Å². The second-order valence-electron chi connectivity index (χ2n) is 5.82. The van der Waals surface area contributed by atoms with Crippen LogP contribution in [0.5, 0.6) is 5.75 Å². The van der Waals surface area contributed by atoms with Crippen LogP contribution in [0.3, 0.4) is 0 Å². The Bertz CT molecular complexity index is 833. The number of ketones is 1. The molecule has 0 aliphatic heterocycles. The predicted molar refractivity (Wildman–Crippen MR) is 101 cm³/mol. The first-order chi connectivity index (χ1) is 12.9. The van der Waals surface area contributed by atoms with E-state index in [1.54, 1.807) is 42.5 Å². The maximum absolute atomic E-state index is 12.2. The van der Waals surface area contributed by atoms with E-state index in [-0.39, 0.29) is 24.7 Å². The van der Waals surface area contributed by atoms with Gasteiger partial charge in [-0.2, -0.15) is 0 Å². The Morgan fingerprint density at radius 3 is 2.41 bits per heavy atom. The summed E-state index contributed by atoms with van der Waals surface area (Å²) in [6.45, 7) is 1.47. The molecule has 0 heterocycles. The summed E-state index contributed by atoms with van der Waals surface area (Å²) in [6, 6.07) is 11.7. The molecule has 0 aliphatic carbocycles. The molecule has 0 bridgehead atoms. The van der Waals surface area contributed by atoms with Gasteiger partial charge in [-0.3, -0.25) is 14.4 Å². The summed E-state index contributed by atoms with van der Waals surface area (Å²) in [7, 11) is 1.50. The van der Waals surface area contributed by atoms with Gasteiger partial charge in [0.15, 0.2) is 12.4 Å². The molecule has 0 aliphatic rings. The lowest BCUT2D eigenvalue weighted by molar-refractivity contribution is -0.141. The van der Waals surface area contributed by atoms with Crippen LogP contribution in [0, 0.1) is 0 Å². The largest absolute Gasteiger partial charge is 0.496 e. The topological polar surface area (TPSA) is 81.7 Å². The Morgan fingerprint density at radius 2 is 1.78 bits per heavy atom. The van der Waals surface area contributed by atoms with E-state index < -0.39 is 5.97 Å². The van der Waals surface area contributed by atoms with Crippen LogP contribution in [0.4, 0.5) is 0 Å². The number of nitrogens with one attached hydrogen (secondary N) is 1. The maximum atomic E-state index is 12.2. The molecule has 0 spiro atoms.